The molecule has 2 nitrogen and oxygen atoms in total. The lowest BCUT2D eigenvalue weighted by Crippen LogP contribution is -2.05. The van der Waals surface area contributed by atoms with Crippen LogP contribution in [0.15, 0.2) is 22.8 Å². The van der Waals surface area contributed by atoms with Gasteiger partial charge in [0.25, 0.3) is 0 Å². The Bertz CT molecular complexity index is 204. The van der Waals surface area contributed by atoms with Gasteiger partial charge in [-0.05, 0) is 24.5 Å². The molecule has 1 rings (SSSR count). The van der Waals surface area contributed by atoms with Gasteiger partial charge in [0.05, 0.1) is 6.26 Å². The van der Waals surface area contributed by atoms with Crippen LogP contribution < -0.4 is 0 Å². The number of aliphatic hydroxyl groups excluding tert-OH is 1. The average Bonchev–Trinajstić information content (AvgIpc) is 2.56. The first-order valence-corrected chi connectivity index (χ1v) is 4.38. The fraction of sp³-hybridized carbons (Fsp3) is 0.600. The maximum Gasteiger partial charge on any atom is 0.106 e. The zero-order valence-electron chi connectivity index (χ0n) is 7.66. The van der Waals surface area contributed by atoms with E-state index in [1.54, 1.807) is 6.26 Å². The van der Waals surface area contributed by atoms with Crippen molar-refractivity contribution in [3.8, 4) is 0 Å². The predicted octanol–water partition coefficient (Wildman–Crippen LogP) is 2.40. The van der Waals surface area contributed by atoms with Gasteiger partial charge in [-0.1, -0.05) is 13.8 Å². The molecule has 12 heavy (non-hydrogen) atoms. The first-order chi connectivity index (χ1) is 5.74. The van der Waals surface area contributed by atoms with E-state index in [1.165, 1.54) is 0 Å². The standard InChI is InChI=1S/C10H16O2/c1-8(7-11)6-9(2)10-4-3-5-12-10/h3-5,8-9,11H,6-7H2,1-2H3/t8-,9+/m0/s1. The van der Waals surface area contributed by atoms with Gasteiger partial charge in [-0.15, -0.1) is 0 Å². The molecule has 0 saturated heterocycles. The van der Waals surface area contributed by atoms with Gasteiger partial charge in [0.1, 0.15) is 5.76 Å². The third-order valence-electron chi connectivity index (χ3n) is 2.10. The van der Waals surface area contributed by atoms with Crippen molar-refractivity contribution in [3.63, 3.8) is 0 Å². The molecule has 0 spiro atoms. The van der Waals surface area contributed by atoms with Crippen LogP contribution in [-0.2, 0) is 0 Å². The van der Waals surface area contributed by atoms with E-state index in [9.17, 15) is 0 Å². The molecule has 0 aliphatic rings. The van der Waals surface area contributed by atoms with Crippen LogP contribution in [0.3, 0.4) is 0 Å². The lowest BCUT2D eigenvalue weighted by atomic mass is 9.96. The van der Waals surface area contributed by atoms with E-state index >= 15 is 0 Å². The zero-order chi connectivity index (χ0) is 8.97. The van der Waals surface area contributed by atoms with Crippen LogP contribution in [0, 0.1) is 5.92 Å². The number of aliphatic hydroxyl groups is 1. The summed E-state index contributed by atoms with van der Waals surface area (Å²) >= 11 is 0. The van der Waals surface area contributed by atoms with Crippen molar-refractivity contribution in [2.45, 2.75) is 26.2 Å². The molecule has 0 aromatic carbocycles. The maximum atomic E-state index is 8.85. The molecule has 0 aliphatic heterocycles. The molecule has 1 aromatic rings. The third kappa shape index (κ3) is 2.38. The first kappa shape index (κ1) is 9.33. The molecule has 0 unspecified atom stereocenters. The Kier molecular flexibility index (Phi) is 3.35. The maximum absolute atomic E-state index is 8.85. The summed E-state index contributed by atoms with van der Waals surface area (Å²) in [6, 6.07) is 3.88. The molecule has 0 radical (unpaired) electrons. The first-order valence-electron chi connectivity index (χ1n) is 4.38. The van der Waals surface area contributed by atoms with Crippen molar-refractivity contribution < 1.29 is 9.52 Å². The Hall–Kier alpha value is -0.760. The second-order valence-corrected chi connectivity index (χ2v) is 3.44. The SMILES string of the molecule is C[C@H](CO)C[C@@H](C)c1ccco1. The number of hydrogen-bond donors (Lipinski definition) is 1. The van der Waals surface area contributed by atoms with E-state index in [0.29, 0.717) is 11.8 Å². The van der Waals surface area contributed by atoms with Gasteiger partial charge in [0, 0.05) is 12.5 Å². The smallest absolute Gasteiger partial charge is 0.106 e. The van der Waals surface area contributed by atoms with Crippen molar-refractivity contribution in [1.82, 2.24) is 0 Å². The van der Waals surface area contributed by atoms with Gasteiger partial charge in [0.2, 0.25) is 0 Å². The van der Waals surface area contributed by atoms with E-state index in [0.717, 1.165) is 12.2 Å². The normalized spacial score (nSPS) is 15.9. The van der Waals surface area contributed by atoms with Crippen LogP contribution in [0.5, 0.6) is 0 Å². The minimum Gasteiger partial charge on any atom is -0.469 e. The van der Waals surface area contributed by atoms with Crippen LogP contribution in [0.4, 0.5) is 0 Å². The molecular weight excluding hydrogens is 152 g/mol. The van der Waals surface area contributed by atoms with Crippen molar-refractivity contribution >= 4 is 0 Å². The topological polar surface area (TPSA) is 33.4 Å². The summed E-state index contributed by atoms with van der Waals surface area (Å²) in [6.07, 6.45) is 2.67. The molecular formula is C10H16O2. The molecule has 2 atom stereocenters. The van der Waals surface area contributed by atoms with Crippen LogP contribution in [0.25, 0.3) is 0 Å². The number of rotatable bonds is 4. The molecule has 1 aromatic heterocycles. The van der Waals surface area contributed by atoms with Gasteiger partial charge in [0.15, 0.2) is 0 Å². The minimum absolute atomic E-state index is 0.255. The molecule has 1 heterocycles. The van der Waals surface area contributed by atoms with Crippen LogP contribution >= 0.6 is 0 Å². The van der Waals surface area contributed by atoms with Crippen molar-refractivity contribution in [1.29, 1.82) is 0 Å². The van der Waals surface area contributed by atoms with Crippen LogP contribution in [0.1, 0.15) is 31.9 Å². The minimum atomic E-state index is 0.255. The Morgan fingerprint density at radius 1 is 1.50 bits per heavy atom. The Morgan fingerprint density at radius 2 is 2.25 bits per heavy atom. The molecule has 0 fully saturated rings. The van der Waals surface area contributed by atoms with E-state index in [-0.39, 0.29) is 6.61 Å². The summed E-state index contributed by atoms with van der Waals surface area (Å²) < 4.78 is 5.26. The quantitative estimate of drug-likeness (QED) is 0.749. The van der Waals surface area contributed by atoms with Crippen molar-refractivity contribution in [2.75, 3.05) is 6.61 Å². The molecule has 0 saturated carbocycles. The predicted molar refractivity (Wildman–Crippen MR) is 48.0 cm³/mol. The second-order valence-electron chi connectivity index (χ2n) is 3.44. The summed E-state index contributed by atoms with van der Waals surface area (Å²) in [6.45, 7) is 4.41. The van der Waals surface area contributed by atoms with Crippen molar-refractivity contribution in [2.24, 2.45) is 5.92 Å². The molecule has 0 bridgehead atoms. The monoisotopic (exact) mass is 168 g/mol. The van der Waals surface area contributed by atoms with E-state index < -0.39 is 0 Å². The van der Waals surface area contributed by atoms with Gasteiger partial charge in [-0.2, -0.15) is 0 Å². The summed E-state index contributed by atoms with van der Waals surface area (Å²) in [7, 11) is 0. The summed E-state index contributed by atoms with van der Waals surface area (Å²) in [5.74, 6) is 1.77. The van der Waals surface area contributed by atoms with Gasteiger partial charge in [-0.25, -0.2) is 0 Å². The molecule has 68 valence electrons. The highest BCUT2D eigenvalue weighted by atomic mass is 16.3. The highest BCUT2D eigenvalue weighted by molar-refractivity contribution is 5.03. The highest BCUT2D eigenvalue weighted by Crippen LogP contribution is 2.22. The lowest BCUT2D eigenvalue weighted by Gasteiger charge is -2.12. The Balaban J connectivity index is 2.44. The molecule has 2 heteroatoms. The zero-order valence-corrected chi connectivity index (χ0v) is 7.66. The van der Waals surface area contributed by atoms with Crippen molar-refractivity contribution in [3.05, 3.63) is 24.2 Å². The Labute approximate surface area is 73.2 Å². The summed E-state index contributed by atoms with van der Waals surface area (Å²) in [5, 5.41) is 8.85. The molecule has 1 N–H and O–H groups in total. The van der Waals surface area contributed by atoms with E-state index in [2.05, 4.69) is 6.92 Å². The van der Waals surface area contributed by atoms with E-state index in [4.69, 9.17) is 9.52 Å². The highest BCUT2D eigenvalue weighted by Gasteiger charge is 2.11. The summed E-state index contributed by atoms with van der Waals surface area (Å²) in [4.78, 5) is 0. The van der Waals surface area contributed by atoms with Crippen LogP contribution in [-0.4, -0.2) is 11.7 Å². The Morgan fingerprint density at radius 3 is 2.75 bits per heavy atom. The largest absolute Gasteiger partial charge is 0.469 e. The third-order valence-corrected chi connectivity index (χ3v) is 2.10. The number of hydrogen-bond acceptors (Lipinski definition) is 2. The fourth-order valence-electron chi connectivity index (χ4n) is 1.37. The van der Waals surface area contributed by atoms with Gasteiger partial charge < -0.3 is 9.52 Å². The molecule has 0 amide bonds. The lowest BCUT2D eigenvalue weighted by molar-refractivity contribution is 0.221. The van der Waals surface area contributed by atoms with Gasteiger partial charge >= 0.3 is 0 Å². The van der Waals surface area contributed by atoms with E-state index in [1.807, 2.05) is 19.1 Å². The summed E-state index contributed by atoms with van der Waals surface area (Å²) in [5.41, 5.74) is 0. The second kappa shape index (κ2) is 4.31. The van der Waals surface area contributed by atoms with Gasteiger partial charge in [-0.3, -0.25) is 0 Å². The average molecular weight is 168 g/mol. The number of furan rings is 1. The molecule has 0 aliphatic carbocycles. The van der Waals surface area contributed by atoms with Crippen LogP contribution in [0.2, 0.25) is 0 Å². The fourth-order valence-corrected chi connectivity index (χ4v) is 1.37.